The molecule has 0 bridgehead atoms. The summed E-state index contributed by atoms with van der Waals surface area (Å²) in [6, 6.07) is 6.74. The monoisotopic (exact) mass is 387 g/mol. The lowest BCUT2D eigenvalue weighted by Crippen LogP contribution is -2.39. The SMILES string of the molecule is CN(C)C(=O)CSC1=N[C@H]2CS(=O)(=O)C[C@@H]2N1c1cccc(Cl)c1. The van der Waals surface area contributed by atoms with Gasteiger partial charge in [0, 0.05) is 24.8 Å². The van der Waals surface area contributed by atoms with Crippen LogP contribution < -0.4 is 4.90 Å². The molecule has 0 unspecified atom stereocenters. The topological polar surface area (TPSA) is 70.0 Å². The van der Waals surface area contributed by atoms with E-state index in [1.165, 1.54) is 16.7 Å². The maximum absolute atomic E-state index is 12.0. The number of carbonyl (C=O) groups excluding carboxylic acids is 1. The number of fused-ring (bicyclic) bond motifs is 1. The van der Waals surface area contributed by atoms with Gasteiger partial charge in [-0.3, -0.25) is 9.79 Å². The van der Waals surface area contributed by atoms with Gasteiger partial charge in [0.15, 0.2) is 15.0 Å². The number of rotatable bonds is 3. The van der Waals surface area contributed by atoms with Crippen molar-refractivity contribution in [1.29, 1.82) is 0 Å². The van der Waals surface area contributed by atoms with E-state index in [0.717, 1.165) is 5.69 Å². The number of amidine groups is 1. The van der Waals surface area contributed by atoms with Crippen LogP contribution in [-0.4, -0.2) is 67.8 Å². The first-order valence-corrected chi connectivity index (χ1v) is 10.6. The number of amides is 1. The zero-order valence-electron chi connectivity index (χ0n) is 13.3. The third-order valence-electron chi connectivity index (χ3n) is 4.02. The first-order chi connectivity index (χ1) is 11.3. The quantitative estimate of drug-likeness (QED) is 0.786. The van der Waals surface area contributed by atoms with Crippen LogP contribution in [0.25, 0.3) is 0 Å². The van der Waals surface area contributed by atoms with Crippen molar-refractivity contribution < 1.29 is 13.2 Å². The first kappa shape index (κ1) is 17.6. The fraction of sp³-hybridized carbons (Fsp3) is 0.467. The van der Waals surface area contributed by atoms with Crippen molar-refractivity contribution in [3.05, 3.63) is 29.3 Å². The molecule has 1 saturated heterocycles. The molecule has 9 heteroatoms. The predicted molar refractivity (Wildman–Crippen MR) is 98.7 cm³/mol. The molecule has 2 heterocycles. The normalized spacial score (nSPS) is 24.6. The molecule has 2 atom stereocenters. The van der Waals surface area contributed by atoms with Crippen LogP contribution in [0.4, 0.5) is 5.69 Å². The Morgan fingerprint density at radius 3 is 2.83 bits per heavy atom. The molecule has 0 aliphatic carbocycles. The van der Waals surface area contributed by atoms with E-state index in [0.29, 0.717) is 10.2 Å². The van der Waals surface area contributed by atoms with Gasteiger partial charge in [-0.15, -0.1) is 0 Å². The summed E-state index contributed by atoms with van der Waals surface area (Å²) < 4.78 is 23.9. The van der Waals surface area contributed by atoms with Crippen molar-refractivity contribution in [1.82, 2.24) is 4.90 Å². The minimum absolute atomic E-state index is 0.0153. The highest BCUT2D eigenvalue weighted by Crippen LogP contribution is 2.35. The van der Waals surface area contributed by atoms with Crippen LogP contribution in [0, 0.1) is 0 Å². The first-order valence-electron chi connectivity index (χ1n) is 7.43. The molecule has 0 spiro atoms. The smallest absolute Gasteiger partial charge is 0.232 e. The minimum Gasteiger partial charge on any atom is -0.348 e. The van der Waals surface area contributed by atoms with Crippen molar-refractivity contribution >= 4 is 50.0 Å². The van der Waals surface area contributed by atoms with Gasteiger partial charge >= 0.3 is 0 Å². The molecule has 0 N–H and O–H groups in total. The van der Waals surface area contributed by atoms with Crippen LogP contribution >= 0.6 is 23.4 Å². The van der Waals surface area contributed by atoms with Crippen LogP contribution in [0.2, 0.25) is 5.02 Å². The molecule has 1 fully saturated rings. The average molecular weight is 388 g/mol. The number of benzene rings is 1. The summed E-state index contributed by atoms with van der Waals surface area (Å²) in [4.78, 5) is 19.9. The number of hydrogen-bond donors (Lipinski definition) is 0. The van der Waals surface area contributed by atoms with E-state index in [4.69, 9.17) is 11.6 Å². The summed E-state index contributed by atoms with van der Waals surface area (Å²) in [6.07, 6.45) is 0. The molecule has 0 radical (unpaired) electrons. The van der Waals surface area contributed by atoms with Crippen LogP contribution in [0.1, 0.15) is 0 Å². The Morgan fingerprint density at radius 1 is 1.42 bits per heavy atom. The van der Waals surface area contributed by atoms with Crippen LogP contribution in [0.3, 0.4) is 0 Å². The van der Waals surface area contributed by atoms with Gasteiger partial charge in [-0.05, 0) is 18.2 Å². The summed E-state index contributed by atoms with van der Waals surface area (Å²) in [5.74, 6) is 0.368. The van der Waals surface area contributed by atoms with Crippen molar-refractivity contribution in [3.8, 4) is 0 Å². The fourth-order valence-corrected chi connectivity index (χ4v) is 5.95. The molecule has 0 aromatic heterocycles. The zero-order chi connectivity index (χ0) is 17.5. The molecular weight excluding hydrogens is 370 g/mol. The number of carbonyl (C=O) groups is 1. The molecular formula is C15H18ClN3O3S2. The van der Waals surface area contributed by atoms with Crippen molar-refractivity contribution in [2.75, 3.05) is 36.3 Å². The highest BCUT2D eigenvalue weighted by Gasteiger charge is 2.47. The van der Waals surface area contributed by atoms with Crippen molar-refractivity contribution in [2.45, 2.75) is 12.1 Å². The van der Waals surface area contributed by atoms with E-state index in [-0.39, 0.29) is 35.2 Å². The number of halogens is 1. The van der Waals surface area contributed by atoms with E-state index >= 15 is 0 Å². The maximum Gasteiger partial charge on any atom is 0.232 e. The Labute approximate surface area is 150 Å². The number of sulfone groups is 1. The Morgan fingerprint density at radius 2 is 2.17 bits per heavy atom. The van der Waals surface area contributed by atoms with E-state index < -0.39 is 9.84 Å². The fourth-order valence-electron chi connectivity index (χ4n) is 2.82. The van der Waals surface area contributed by atoms with Gasteiger partial charge in [-0.1, -0.05) is 29.4 Å². The number of thioether (sulfide) groups is 1. The minimum atomic E-state index is -3.09. The second-order valence-electron chi connectivity index (χ2n) is 6.05. The standard InChI is InChI=1S/C15H18ClN3O3S2/c1-18(2)14(20)7-23-15-17-12-8-24(21,22)9-13(12)19(15)11-5-3-4-10(16)6-11/h3-6,12-13H,7-9H2,1-2H3/t12-,13-/m0/s1. The summed E-state index contributed by atoms with van der Waals surface area (Å²) in [5.41, 5.74) is 0.802. The largest absolute Gasteiger partial charge is 0.348 e. The molecule has 130 valence electrons. The molecule has 1 amide bonds. The summed E-state index contributed by atoms with van der Waals surface area (Å²) in [6.45, 7) is 0. The molecule has 1 aromatic carbocycles. The Kier molecular flexibility index (Phi) is 4.81. The second kappa shape index (κ2) is 6.57. The molecule has 2 aliphatic rings. The van der Waals surface area contributed by atoms with E-state index in [2.05, 4.69) is 4.99 Å². The van der Waals surface area contributed by atoms with Crippen molar-refractivity contribution in [3.63, 3.8) is 0 Å². The van der Waals surface area contributed by atoms with Crippen molar-refractivity contribution in [2.24, 2.45) is 4.99 Å². The lowest BCUT2D eigenvalue weighted by Gasteiger charge is -2.26. The van der Waals surface area contributed by atoms with Crippen LogP contribution in [0.5, 0.6) is 0 Å². The second-order valence-corrected chi connectivity index (χ2v) is 9.58. The third-order valence-corrected chi connectivity index (χ3v) is 6.90. The van der Waals surface area contributed by atoms with Crippen LogP contribution in [-0.2, 0) is 14.6 Å². The lowest BCUT2D eigenvalue weighted by molar-refractivity contribution is -0.125. The molecule has 2 aliphatic heterocycles. The lowest BCUT2D eigenvalue weighted by atomic mass is 10.1. The molecule has 3 rings (SSSR count). The van der Waals surface area contributed by atoms with Crippen LogP contribution in [0.15, 0.2) is 29.3 Å². The maximum atomic E-state index is 12.0. The van der Waals surface area contributed by atoms with Gasteiger partial charge < -0.3 is 9.80 Å². The van der Waals surface area contributed by atoms with Gasteiger partial charge in [-0.25, -0.2) is 8.42 Å². The zero-order valence-corrected chi connectivity index (χ0v) is 15.7. The highest BCUT2D eigenvalue weighted by atomic mass is 35.5. The average Bonchev–Trinajstić information content (AvgIpc) is 2.95. The Hall–Kier alpha value is -1.25. The van der Waals surface area contributed by atoms with Gasteiger partial charge in [0.05, 0.1) is 29.3 Å². The summed E-state index contributed by atoms with van der Waals surface area (Å²) >= 11 is 7.42. The number of aliphatic imine (C=N–C) groups is 1. The molecule has 0 saturated carbocycles. The van der Waals surface area contributed by atoms with Gasteiger partial charge in [-0.2, -0.15) is 0 Å². The molecule has 24 heavy (non-hydrogen) atoms. The van der Waals surface area contributed by atoms with Gasteiger partial charge in [0.1, 0.15) is 0 Å². The summed E-state index contributed by atoms with van der Waals surface area (Å²) in [5, 5.41) is 1.25. The van der Waals surface area contributed by atoms with Gasteiger partial charge in [0.25, 0.3) is 0 Å². The predicted octanol–water partition coefficient (Wildman–Crippen LogP) is 1.50. The highest BCUT2D eigenvalue weighted by molar-refractivity contribution is 8.14. The third kappa shape index (κ3) is 3.55. The number of hydrogen-bond acceptors (Lipinski definition) is 6. The van der Waals surface area contributed by atoms with E-state index in [1.807, 2.05) is 17.0 Å². The van der Waals surface area contributed by atoms with E-state index in [1.54, 1.807) is 26.2 Å². The van der Waals surface area contributed by atoms with E-state index in [9.17, 15) is 13.2 Å². The molecule has 1 aromatic rings. The Balaban J connectivity index is 1.89. The Bertz CT molecular complexity index is 795. The molecule has 6 nitrogen and oxygen atoms in total. The van der Waals surface area contributed by atoms with Gasteiger partial charge in [0.2, 0.25) is 5.91 Å². The number of anilines is 1. The summed E-state index contributed by atoms with van der Waals surface area (Å²) in [7, 11) is 0.317. The number of nitrogens with zero attached hydrogens (tertiary/aromatic N) is 3.